The number of benzene rings is 2. The van der Waals surface area contributed by atoms with E-state index in [2.05, 4.69) is 118 Å². The Morgan fingerprint density at radius 2 is 1.16 bits per heavy atom. The second-order valence-electron chi connectivity index (χ2n) is 13.2. The van der Waals surface area contributed by atoms with Crippen LogP contribution < -0.4 is 24.8 Å². The molecule has 0 N–H and O–H groups in total. The van der Waals surface area contributed by atoms with Crippen LogP contribution in [0.3, 0.4) is 0 Å². The molecule has 0 fully saturated rings. The van der Waals surface area contributed by atoms with Crippen LogP contribution in [0.5, 0.6) is 0 Å². The van der Waals surface area contributed by atoms with Crippen LogP contribution in [-0.4, -0.2) is 3.21 Å². The van der Waals surface area contributed by atoms with E-state index < -0.39 is 21.3 Å². The summed E-state index contributed by atoms with van der Waals surface area (Å²) in [5.74, 6) is 0.575. The summed E-state index contributed by atoms with van der Waals surface area (Å²) in [6.07, 6.45) is 10.0. The second-order valence-corrected chi connectivity index (χ2v) is 20.5. The summed E-state index contributed by atoms with van der Waals surface area (Å²) in [4.78, 5) is 0. The second kappa shape index (κ2) is 9.68. The van der Waals surface area contributed by atoms with Crippen LogP contribution in [0, 0.1) is 5.92 Å². The van der Waals surface area contributed by atoms with Crippen molar-refractivity contribution in [3.63, 3.8) is 0 Å². The van der Waals surface area contributed by atoms with Gasteiger partial charge in [-0.3, -0.25) is 0 Å². The third kappa shape index (κ3) is 4.22. The minimum Gasteiger partial charge on any atom is -1.00 e. The van der Waals surface area contributed by atoms with Crippen molar-refractivity contribution < 1.29 is 46.1 Å². The first-order valence-electron chi connectivity index (χ1n) is 13.6. The Balaban J connectivity index is 0.00000168. The van der Waals surface area contributed by atoms with Crippen LogP contribution >= 0.6 is 0 Å². The summed E-state index contributed by atoms with van der Waals surface area (Å²) in [7, 11) is 0. The molecule has 1 unspecified atom stereocenters. The monoisotopic (exact) mass is 620 g/mol. The SMILES string of the molecule is CC1=CC(C)[C]([Zr+2](=[C](C)C)[CH]2c3cc4c(cc3-c3cc5c(cc32)C(C)(C)C=C5C)C(C)=CC4(C)C)=C1.[Cl-].[Cl-]. The number of halogens is 2. The minimum absolute atomic E-state index is 0. The molecule has 4 aliphatic carbocycles. The van der Waals surface area contributed by atoms with Gasteiger partial charge in [0, 0.05) is 0 Å². The molecule has 38 heavy (non-hydrogen) atoms. The first kappa shape index (κ1) is 29.7. The third-order valence-electron chi connectivity index (χ3n) is 9.21. The van der Waals surface area contributed by atoms with E-state index in [1.54, 1.807) is 17.6 Å². The first-order valence-corrected chi connectivity index (χ1v) is 17.5. The maximum absolute atomic E-state index is 2.64. The molecule has 4 aliphatic rings. The number of hydrogen-bond acceptors (Lipinski definition) is 0. The zero-order valence-electron chi connectivity index (χ0n) is 24.5. The van der Waals surface area contributed by atoms with Crippen molar-refractivity contribution in [2.45, 2.75) is 83.7 Å². The van der Waals surface area contributed by atoms with Gasteiger partial charge in [0.15, 0.2) is 0 Å². The van der Waals surface area contributed by atoms with E-state index in [4.69, 9.17) is 0 Å². The van der Waals surface area contributed by atoms with Crippen molar-refractivity contribution in [2.24, 2.45) is 5.92 Å². The van der Waals surface area contributed by atoms with Crippen LogP contribution in [0.2, 0.25) is 0 Å². The molecule has 0 spiro atoms. The molecule has 2 aromatic rings. The van der Waals surface area contributed by atoms with Gasteiger partial charge in [-0.1, -0.05) is 0 Å². The maximum Gasteiger partial charge on any atom is -1.00 e. The van der Waals surface area contributed by atoms with E-state index >= 15 is 0 Å². The Morgan fingerprint density at radius 3 is 1.53 bits per heavy atom. The smallest absolute Gasteiger partial charge is 1.00 e. The Kier molecular flexibility index (Phi) is 7.57. The van der Waals surface area contributed by atoms with E-state index in [1.165, 1.54) is 50.1 Å². The molecule has 0 saturated heterocycles. The number of allylic oxidation sites excluding steroid dienone is 8. The summed E-state index contributed by atoms with van der Waals surface area (Å²) in [6, 6.07) is 10.4. The molecule has 198 valence electrons. The molecule has 0 bridgehead atoms. The molecule has 0 heterocycles. The molecule has 0 aliphatic heterocycles. The van der Waals surface area contributed by atoms with Gasteiger partial charge < -0.3 is 24.8 Å². The van der Waals surface area contributed by atoms with Crippen LogP contribution in [0.4, 0.5) is 0 Å². The average Bonchev–Trinajstić information content (AvgIpc) is 3.41. The van der Waals surface area contributed by atoms with Crippen molar-refractivity contribution in [1.82, 2.24) is 0 Å². The van der Waals surface area contributed by atoms with Gasteiger partial charge in [0.25, 0.3) is 0 Å². The molecule has 3 heteroatoms. The third-order valence-corrected chi connectivity index (χ3v) is 17.8. The molecule has 0 aromatic heterocycles. The van der Waals surface area contributed by atoms with Gasteiger partial charge in [0.2, 0.25) is 0 Å². The van der Waals surface area contributed by atoms with Crippen LogP contribution in [0.15, 0.2) is 57.4 Å². The molecular formula is C35H40Cl2Zr. The largest absolute Gasteiger partial charge is 1.00 e. The Hall–Kier alpha value is -1.27. The van der Waals surface area contributed by atoms with Gasteiger partial charge >= 0.3 is 227 Å². The standard InChI is InChI=1S/C25H25.C7H9.C3H6.2ClH.Zr/c1-14-12-24(3,4)22-8-16-7-17-9-23-19(15(2)13-25(23,5)6)11-21(17)20(16)10-18(14)22;1-6-3-4-7(2)5-6;1-3-2;;;/h7-13H,1-6H3;3,5,7H,1-2H3;1-2H3;2*1H;/q;;;;;+2/p-2. The van der Waals surface area contributed by atoms with Crippen LogP contribution in [-0.2, 0) is 32.1 Å². The van der Waals surface area contributed by atoms with Crippen molar-refractivity contribution >= 4 is 14.4 Å². The fourth-order valence-electron chi connectivity index (χ4n) is 7.74. The predicted octanol–water partition coefficient (Wildman–Crippen LogP) is 3.46. The van der Waals surface area contributed by atoms with Crippen molar-refractivity contribution in [3.05, 3.63) is 90.8 Å². The van der Waals surface area contributed by atoms with Crippen molar-refractivity contribution in [3.8, 4) is 11.1 Å². The molecule has 0 nitrogen and oxygen atoms in total. The Labute approximate surface area is 250 Å². The molecular weight excluding hydrogens is 583 g/mol. The molecule has 0 amide bonds. The maximum atomic E-state index is 2.64. The van der Waals surface area contributed by atoms with Crippen LogP contribution in [0.1, 0.15) is 106 Å². The molecule has 0 radical (unpaired) electrons. The fraction of sp³-hybridized carbons (Fsp3) is 0.400. The molecule has 6 rings (SSSR count). The average molecular weight is 623 g/mol. The van der Waals surface area contributed by atoms with E-state index in [0.29, 0.717) is 9.54 Å². The van der Waals surface area contributed by atoms with Crippen molar-refractivity contribution in [1.29, 1.82) is 0 Å². The summed E-state index contributed by atoms with van der Waals surface area (Å²) < 4.78 is 4.05. The normalized spacial score (nSPS) is 20.9. The number of hydrogen-bond donors (Lipinski definition) is 0. The molecule has 2 aromatic carbocycles. The topological polar surface area (TPSA) is 0 Å². The summed E-state index contributed by atoms with van der Waals surface area (Å²) >= 11 is -2.24. The van der Waals surface area contributed by atoms with Gasteiger partial charge in [-0.25, -0.2) is 0 Å². The van der Waals surface area contributed by atoms with Gasteiger partial charge in [-0.05, 0) is 0 Å². The molecule has 0 saturated carbocycles. The Morgan fingerprint density at radius 1 is 0.711 bits per heavy atom. The molecule has 1 atom stereocenters. The van der Waals surface area contributed by atoms with Gasteiger partial charge in [0.05, 0.1) is 0 Å². The fourth-order valence-corrected chi connectivity index (χ4v) is 16.5. The zero-order chi connectivity index (χ0) is 25.9. The number of fused-ring (bicyclic) bond motifs is 5. The van der Waals surface area contributed by atoms with Crippen LogP contribution in [0.25, 0.3) is 22.3 Å². The van der Waals surface area contributed by atoms with Gasteiger partial charge in [-0.15, -0.1) is 0 Å². The summed E-state index contributed by atoms with van der Waals surface area (Å²) in [6.45, 7) is 23.8. The van der Waals surface area contributed by atoms with Crippen molar-refractivity contribution in [2.75, 3.05) is 0 Å². The Bertz CT molecular complexity index is 1450. The first-order chi connectivity index (χ1) is 16.8. The minimum atomic E-state index is -2.24. The quantitative estimate of drug-likeness (QED) is 0.482. The summed E-state index contributed by atoms with van der Waals surface area (Å²) in [5, 5.41) is 0. The van der Waals surface area contributed by atoms with Gasteiger partial charge in [0.1, 0.15) is 0 Å². The summed E-state index contributed by atoms with van der Waals surface area (Å²) in [5.41, 5.74) is 16.8. The van der Waals surface area contributed by atoms with Gasteiger partial charge in [-0.2, -0.15) is 0 Å². The van der Waals surface area contributed by atoms with E-state index in [9.17, 15) is 0 Å². The van der Waals surface area contributed by atoms with E-state index in [-0.39, 0.29) is 35.6 Å². The van der Waals surface area contributed by atoms with E-state index in [1.807, 2.05) is 0 Å². The zero-order valence-corrected chi connectivity index (χ0v) is 28.5. The predicted molar refractivity (Wildman–Crippen MR) is 154 cm³/mol. The number of rotatable bonds is 2. The van der Waals surface area contributed by atoms with E-state index in [0.717, 1.165) is 0 Å².